The number of carbonyl (C=O) groups is 2. The number of carbonyl (C=O) groups excluding carboxylic acids is 2. The van der Waals surface area contributed by atoms with Gasteiger partial charge < -0.3 is 15.5 Å². The summed E-state index contributed by atoms with van der Waals surface area (Å²) in [5.74, 6) is -0.898. The lowest BCUT2D eigenvalue weighted by atomic mass is 10.1. The predicted octanol–water partition coefficient (Wildman–Crippen LogP) is 3.42. The highest BCUT2D eigenvalue weighted by Gasteiger charge is 2.09. The van der Waals surface area contributed by atoms with Crippen LogP contribution in [0, 0.1) is 6.92 Å². The molecule has 0 fully saturated rings. The molecule has 0 unspecified atom stereocenters. The van der Waals surface area contributed by atoms with Crippen molar-refractivity contribution in [3.8, 4) is 11.5 Å². The lowest BCUT2D eigenvalue weighted by Crippen LogP contribution is -2.18. The van der Waals surface area contributed by atoms with Crippen LogP contribution in [0.2, 0.25) is 0 Å². The highest BCUT2D eigenvalue weighted by Crippen LogP contribution is 2.20. The standard InChI is InChI=1S/C22H19N3O4/c1-14-4-2-3-5-19(14)22(29)24-17-9-6-15(7-10-17)21(28)25-23-13-16-8-11-18(26)12-20(16)27/h2-13,26-27H,1H3,(H,24,29)(H,25,28)/b23-13+. The molecule has 0 atom stereocenters. The first-order valence-corrected chi connectivity index (χ1v) is 8.76. The molecule has 3 rings (SSSR count). The summed E-state index contributed by atoms with van der Waals surface area (Å²) < 4.78 is 0. The number of hydrogen-bond acceptors (Lipinski definition) is 5. The average molecular weight is 389 g/mol. The van der Waals surface area contributed by atoms with Crippen LogP contribution in [0.4, 0.5) is 5.69 Å². The topological polar surface area (TPSA) is 111 Å². The van der Waals surface area contributed by atoms with Crippen molar-refractivity contribution in [2.45, 2.75) is 6.92 Å². The van der Waals surface area contributed by atoms with Gasteiger partial charge in [0.1, 0.15) is 11.5 Å². The van der Waals surface area contributed by atoms with E-state index in [-0.39, 0.29) is 17.4 Å². The normalized spacial score (nSPS) is 10.7. The number of benzene rings is 3. The second-order valence-corrected chi connectivity index (χ2v) is 6.29. The summed E-state index contributed by atoms with van der Waals surface area (Å²) in [5.41, 5.74) is 5.07. The maximum absolute atomic E-state index is 12.3. The minimum atomic E-state index is -0.448. The third-order valence-electron chi connectivity index (χ3n) is 4.18. The highest BCUT2D eigenvalue weighted by atomic mass is 16.3. The summed E-state index contributed by atoms with van der Waals surface area (Å²) >= 11 is 0. The lowest BCUT2D eigenvalue weighted by Gasteiger charge is -2.08. The molecule has 4 N–H and O–H groups in total. The molecule has 0 bridgehead atoms. The van der Waals surface area contributed by atoms with Crippen LogP contribution >= 0.6 is 0 Å². The second kappa shape index (κ2) is 8.71. The number of anilines is 1. The van der Waals surface area contributed by atoms with E-state index in [1.54, 1.807) is 36.4 Å². The Morgan fingerprint density at radius 1 is 0.931 bits per heavy atom. The van der Waals surface area contributed by atoms with E-state index in [0.29, 0.717) is 22.4 Å². The Balaban J connectivity index is 1.60. The van der Waals surface area contributed by atoms with Crippen LogP contribution in [-0.4, -0.2) is 28.2 Å². The fourth-order valence-corrected chi connectivity index (χ4v) is 2.60. The maximum atomic E-state index is 12.3. The third kappa shape index (κ3) is 4.98. The lowest BCUT2D eigenvalue weighted by molar-refractivity contribution is 0.0954. The average Bonchev–Trinajstić information content (AvgIpc) is 2.70. The van der Waals surface area contributed by atoms with Crippen LogP contribution in [0.1, 0.15) is 31.8 Å². The molecule has 2 amide bonds. The quantitative estimate of drug-likeness (QED) is 0.396. The van der Waals surface area contributed by atoms with Crippen molar-refractivity contribution in [3.63, 3.8) is 0 Å². The van der Waals surface area contributed by atoms with Crippen molar-refractivity contribution in [2.24, 2.45) is 5.10 Å². The van der Waals surface area contributed by atoms with E-state index in [1.165, 1.54) is 24.4 Å². The smallest absolute Gasteiger partial charge is 0.271 e. The zero-order chi connectivity index (χ0) is 20.8. The summed E-state index contributed by atoms with van der Waals surface area (Å²) in [4.78, 5) is 24.5. The highest BCUT2D eigenvalue weighted by molar-refractivity contribution is 6.05. The Kier molecular flexibility index (Phi) is 5.89. The van der Waals surface area contributed by atoms with Gasteiger partial charge in [0.25, 0.3) is 11.8 Å². The molecule has 7 nitrogen and oxygen atoms in total. The number of amides is 2. The molecule has 0 saturated heterocycles. The van der Waals surface area contributed by atoms with Crippen molar-refractivity contribution >= 4 is 23.7 Å². The van der Waals surface area contributed by atoms with Crippen LogP contribution in [0.5, 0.6) is 11.5 Å². The first kappa shape index (κ1) is 19.6. The SMILES string of the molecule is Cc1ccccc1C(=O)Nc1ccc(C(=O)N/N=C/c2ccc(O)cc2O)cc1. The molecule has 0 saturated carbocycles. The first-order valence-electron chi connectivity index (χ1n) is 8.76. The first-order chi connectivity index (χ1) is 13.9. The van der Waals surface area contributed by atoms with Crippen LogP contribution in [0.25, 0.3) is 0 Å². The number of aryl methyl sites for hydroxylation is 1. The molecule has 0 radical (unpaired) electrons. The molecule has 0 aliphatic carbocycles. The zero-order valence-electron chi connectivity index (χ0n) is 15.6. The van der Waals surface area contributed by atoms with E-state index in [9.17, 15) is 19.8 Å². The predicted molar refractivity (Wildman–Crippen MR) is 110 cm³/mol. The van der Waals surface area contributed by atoms with E-state index in [4.69, 9.17) is 0 Å². The summed E-state index contributed by atoms with van der Waals surface area (Å²) in [6.07, 6.45) is 1.27. The monoisotopic (exact) mass is 389 g/mol. The summed E-state index contributed by atoms with van der Waals surface area (Å²) in [5, 5.41) is 25.5. The Morgan fingerprint density at radius 2 is 1.66 bits per heavy atom. The molecule has 3 aromatic rings. The number of nitrogens with one attached hydrogen (secondary N) is 2. The number of nitrogens with zero attached hydrogens (tertiary/aromatic N) is 1. The van der Waals surface area contributed by atoms with E-state index in [2.05, 4.69) is 15.8 Å². The van der Waals surface area contributed by atoms with Crippen LogP contribution < -0.4 is 10.7 Å². The van der Waals surface area contributed by atoms with Crippen LogP contribution in [0.3, 0.4) is 0 Å². The van der Waals surface area contributed by atoms with Gasteiger partial charge in [-0.1, -0.05) is 18.2 Å². The van der Waals surface area contributed by atoms with Crippen molar-refractivity contribution in [2.75, 3.05) is 5.32 Å². The largest absolute Gasteiger partial charge is 0.508 e. The van der Waals surface area contributed by atoms with Gasteiger partial charge in [-0.3, -0.25) is 9.59 Å². The van der Waals surface area contributed by atoms with Gasteiger partial charge in [-0.15, -0.1) is 0 Å². The second-order valence-electron chi connectivity index (χ2n) is 6.29. The summed E-state index contributed by atoms with van der Waals surface area (Å²) in [6.45, 7) is 1.86. The number of hydrazone groups is 1. The summed E-state index contributed by atoms with van der Waals surface area (Å²) in [7, 11) is 0. The molecule has 3 aromatic carbocycles. The van der Waals surface area contributed by atoms with E-state index >= 15 is 0 Å². The number of hydrogen-bond donors (Lipinski definition) is 4. The van der Waals surface area contributed by atoms with Gasteiger partial charge in [0.2, 0.25) is 0 Å². The number of aromatic hydroxyl groups is 2. The Morgan fingerprint density at radius 3 is 2.34 bits per heavy atom. The van der Waals surface area contributed by atoms with Crippen LogP contribution in [-0.2, 0) is 0 Å². The van der Waals surface area contributed by atoms with Crippen LogP contribution in [0.15, 0.2) is 71.8 Å². The Bertz CT molecular complexity index is 1080. The van der Waals surface area contributed by atoms with Crippen molar-refractivity contribution in [3.05, 3.63) is 89.0 Å². The van der Waals surface area contributed by atoms with Crippen molar-refractivity contribution in [1.82, 2.24) is 5.43 Å². The molecule has 29 heavy (non-hydrogen) atoms. The zero-order valence-corrected chi connectivity index (χ0v) is 15.6. The Hall–Kier alpha value is -4.13. The van der Waals surface area contributed by atoms with Gasteiger partial charge in [0.05, 0.1) is 6.21 Å². The minimum absolute atomic E-state index is 0.0710. The van der Waals surface area contributed by atoms with Gasteiger partial charge in [-0.25, -0.2) is 5.43 Å². The van der Waals surface area contributed by atoms with E-state index in [0.717, 1.165) is 5.56 Å². The molecular weight excluding hydrogens is 370 g/mol. The molecular formula is C22H19N3O4. The fourth-order valence-electron chi connectivity index (χ4n) is 2.60. The van der Waals surface area contributed by atoms with Crippen molar-refractivity contribution in [1.29, 1.82) is 0 Å². The Labute approximate surface area is 167 Å². The minimum Gasteiger partial charge on any atom is -0.508 e. The number of phenolic OH excluding ortho intramolecular Hbond substituents is 2. The molecule has 7 heteroatoms. The van der Waals surface area contributed by atoms with Crippen molar-refractivity contribution < 1.29 is 19.8 Å². The maximum Gasteiger partial charge on any atom is 0.271 e. The molecule has 0 aliphatic heterocycles. The molecule has 0 aliphatic rings. The fraction of sp³-hybridized carbons (Fsp3) is 0.0455. The third-order valence-corrected chi connectivity index (χ3v) is 4.18. The van der Waals surface area contributed by atoms with Gasteiger partial charge in [-0.05, 0) is 55.0 Å². The summed E-state index contributed by atoms with van der Waals surface area (Å²) in [6, 6.07) is 17.7. The molecule has 0 aromatic heterocycles. The molecule has 0 spiro atoms. The van der Waals surface area contributed by atoms with Gasteiger partial charge >= 0.3 is 0 Å². The number of phenols is 2. The number of rotatable bonds is 5. The molecule has 0 heterocycles. The van der Waals surface area contributed by atoms with Gasteiger partial charge in [0, 0.05) is 28.4 Å². The van der Waals surface area contributed by atoms with E-state index < -0.39 is 5.91 Å². The van der Waals surface area contributed by atoms with E-state index in [1.807, 2.05) is 19.1 Å². The van der Waals surface area contributed by atoms with Gasteiger partial charge in [-0.2, -0.15) is 5.10 Å². The molecule has 146 valence electrons. The van der Waals surface area contributed by atoms with Gasteiger partial charge in [0.15, 0.2) is 0 Å².